The third-order valence-electron chi connectivity index (χ3n) is 4.81. The predicted molar refractivity (Wildman–Crippen MR) is 106 cm³/mol. The van der Waals surface area contributed by atoms with Gasteiger partial charge in [0.25, 0.3) is 17.6 Å². The van der Waals surface area contributed by atoms with E-state index in [0.29, 0.717) is 17.1 Å². The van der Waals surface area contributed by atoms with Crippen molar-refractivity contribution in [1.82, 2.24) is 24.5 Å². The average molecular weight is 394 g/mol. The van der Waals surface area contributed by atoms with Crippen LogP contribution >= 0.6 is 0 Å². The summed E-state index contributed by atoms with van der Waals surface area (Å²) < 4.78 is 7.22. The number of nitrogens with one attached hydrogen (secondary N) is 1. The van der Waals surface area contributed by atoms with Gasteiger partial charge in [-0.2, -0.15) is 0 Å². The summed E-state index contributed by atoms with van der Waals surface area (Å²) in [5, 5.41) is 10.7. The Labute approximate surface area is 167 Å². The van der Waals surface area contributed by atoms with Crippen molar-refractivity contribution in [1.29, 1.82) is 0 Å². The van der Waals surface area contributed by atoms with Crippen LogP contribution < -0.4 is 10.1 Å². The zero-order valence-corrected chi connectivity index (χ0v) is 16.2. The molecule has 9 nitrogen and oxygen atoms in total. The summed E-state index contributed by atoms with van der Waals surface area (Å²) in [4.78, 5) is 30.9. The van der Waals surface area contributed by atoms with Crippen LogP contribution in [-0.4, -0.2) is 56.0 Å². The Kier molecular flexibility index (Phi) is 5.37. The molecule has 1 N–H and O–H groups in total. The van der Waals surface area contributed by atoms with Crippen LogP contribution in [-0.2, 0) is 4.79 Å². The van der Waals surface area contributed by atoms with Crippen LogP contribution in [0, 0.1) is 6.92 Å². The Morgan fingerprint density at radius 1 is 1.14 bits per heavy atom. The van der Waals surface area contributed by atoms with E-state index in [0.717, 1.165) is 31.6 Å². The molecule has 1 aromatic carbocycles. The maximum absolute atomic E-state index is 12.6. The molecule has 2 amide bonds. The fourth-order valence-corrected chi connectivity index (χ4v) is 3.24. The number of piperidine rings is 1. The molecule has 29 heavy (non-hydrogen) atoms. The first-order valence-corrected chi connectivity index (χ1v) is 9.60. The smallest absolute Gasteiger partial charge is 0.260 e. The van der Waals surface area contributed by atoms with E-state index in [-0.39, 0.29) is 24.4 Å². The first-order valence-electron chi connectivity index (χ1n) is 9.60. The van der Waals surface area contributed by atoms with Gasteiger partial charge in [-0.25, -0.2) is 4.98 Å². The van der Waals surface area contributed by atoms with Crippen molar-refractivity contribution in [3.8, 4) is 5.75 Å². The molecular weight excluding hydrogens is 372 g/mol. The number of fused-ring (bicyclic) bond motifs is 1. The third kappa shape index (κ3) is 4.34. The lowest BCUT2D eigenvalue weighted by atomic mass is 10.1. The second-order valence-corrected chi connectivity index (χ2v) is 6.97. The number of carbonyl (C=O) groups is 2. The lowest BCUT2D eigenvalue weighted by Gasteiger charge is -2.26. The lowest BCUT2D eigenvalue weighted by Crippen LogP contribution is -2.38. The van der Waals surface area contributed by atoms with E-state index in [1.165, 1.54) is 6.42 Å². The van der Waals surface area contributed by atoms with Gasteiger partial charge in [0.05, 0.1) is 0 Å². The van der Waals surface area contributed by atoms with Crippen molar-refractivity contribution >= 4 is 23.5 Å². The van der Waals surface area contributed by atoms with Crippen LogP contribution in [0.1, 0.15) is 35.3 Å². The molecule has 1 aliphatic rings. The number of nitrogens with zero attached hydrogens (tertiary/aromatic N) is 5. The molecular formula is C20H22N6O3. The minimum Gasteiger partial charge on any atom is -0.484 e. The van der Waals surface area contributed by atoms with Gasteiger partial charge in [-0.05, 0) is 50.5 Å². The van der Waals surface area contributed by atoms with Crippen molar-refractivity contribution in [2.24, 2.45) is 0 Å². The number of benzene rings is 1. The second kappa shape index (κ2) is 8.26. The van der Waals surface area contributed by atoms with Gasteiger partial charge in [0.15, 0.2) is 6.61 Å². The summed E-state index contributed by atoms with van der Waals surface area (Å²) >= 11 is 0. The van der Waals surface area contributed by atoms with Crippen molar-refractivity contribution in [3.63, 3.8) is 0 Å². The number of rotatable bonds is 5. The summed E-state index contributed by atoms with van der Waals surface area (Å²) in [5.41, 5.74) is 1.21. The van der Waals surface area contributed by atoms with Gasteiger partial charge in [0.1, 0.15) is 5.75 Å². The molecule has 150 valence electrons. The topological polar surface area (TPSA) is 102 Å². The average Bonchev–Trinajstić information content (AvgIpc) is 3.14. The van der Waals surface area contributed by atoms with Crippen molar-refractivity contribution in [3.05, 3.63) is 47.8 Å². The molecule has 9 heteroatoms. The van der Waals surface area contributed by atoms with Gasteiger partial charge >= 0.3 is 0 Å². The molecule has 0 spiro atoms. The molecule has 3 heterocycles. The molecule has 3 aromatic rings. The van der Waals surface area contributed by atoms with Crippen LogP contribution in [0.2, 0.25) is 0 Å². The van der Waals surface area contributed by atoms with E-state index in [1.807, 2.05) is 11.8 Å². The molecule has 1 aliphatic heterocycles. The molecule has 4 rings (SSSR count). The molecule has 0 aliphatic carbocycles. The highest BCUT2D eigenvalue weighted by molar-refractivity contribution is 6.03. The molecule has 0 unspecified atom stereocenters. The monoisotopic (exact) mass is 394 g/mol. The Morgan fingerprint density at radius 3 is 2.79 bits per heavy atom. The molecule has 0 radical (unpaired) electrons. The zero-order chi connectivity index (χ0) is 20.2. The zero-order valence-electron chi connectivity index (χ0n) is 16.2. The fraction of sp³-hybridized carbons (Fsp3) is 0.350. The van der Waals surface area contributed by atoms with E-state index in [9.17, 15) is 9.59 Å². The number of anilines is 1. The van der Waals surface area contributed by atoms with Crippen LogP contribution in [0.3, 0.4) is 0 Å². The summed E-state index contributed by atoms with van der Waals surface area (Å²) in [7, 11) is 0. The molecule has 0 bridgehead atoms. The highest BCUT2D eigenvalue weighted by Gasteiger charge is 2.17. The minimum atomic E-state index is -0.354. The Morgan fingerprint density at radius 2 is 1.97 bits per heavy atom. The van der Waals surface area contributed by atoms with Gasteiger partial charge < -0.3 is 9.64 Å². The van der Waals surface area contributed by atoms with Crippen LogP contribution in [0.25, 0.3) is 5.78 Å². The number of likely N-dealkylation sites (tertiary alicyclic amines) is 1. The molecule has 1 fully saturated rings. The summed E-state index contributed by atoms with van der Waals surface area (Å²) in [5.74, 6) is 0.772. The number of aromatic nitrogens is 4. The first kappa shape index (κ1) is 18.9. The fourth-order valence-electron chi connectivity index (χ4n) is 3.24. The van der Waals surface area contributed by atoms with E-state index in [1.54, 1.807) is 40.9 Å². The summed E-state index contributed by atoms with van der Waals surface area (Å²) in [6, 6.07) is 8.51. The normalized spacial score (nSPS) is 14.0. The number of ether oxygens (including phenoxy) is 1. The molecule has 2 aromatic heterocycles. The number of hydrogen-bond acceptors (Lipinski definition) is 6. The summed E-state index contributed by atoms with van der Waals surface area (Å²) in [6.07, 6.45) is 4.99. The number of amides is 2. The lowest BCUT2D eigenvalue weighted by molar-refractivity contribution is -0.134. The van der Waals surface area contributed by atoms with E-state index in [4.69, 9.17) is 4.74 Å². The summed E-state index contributed by atoms with van der Waals surface area (Å²) in [6.45, 7) is 3.38. The molecule has 1 saturated heterocycles. The number of hydrogen-bond donors (Lipinski definition) is 1. The van der Waals surface area contributed by atoms with E-state index < -0.39 is 0 Å². The molecule has 0 atom stereocenters. The number of carbonyl (C=O) groups excluding carboxylic acids is 2. The highest BCUT2D eigenvalue weighted by Crippen LogP contribution is 2.16. The Hall–Kier alpha value is -3.49. The SMILES string of the molecule is Cc1ccn2c(NC(=O)c3cccc(OCC(=O)N4CCCCC4)c3)nnc2n1. The third-order valence-corrected chi connectivity index (χ3v) is 4.81. The second-order valence-electron chi connectivity index (χ2n) is 6.97. The largest absolute Gasteiger partial charge is 0.484 e. The number of aryl methyl sites for hydroxylation is 1. The predicted octanol–water partition coefficient (Wildman–Crippen LogP) is 2.08. The van der Waals surface area contributed by atoms with Crippen molar-refractivity contribution in [2.45, 2.75) is 26.2 Å². The standard InChI is InChI=1S/C20H22N6O3/c1-14-8-11-26-19(21-14)23-24-20(26)22-18(28)15-6-5-7-16(12-15)29-13-17(27)25-9-3-2-4-10-25/h5-8,11-12H,2-4,9-10,13H2,1H3,(H,22,24,28). The quantitative estimate of drug-likeness (QED) is 0.711. The highest BCUT2D eigenvalue weighted by atomic mass is 16.5. The first-order chi connectivity index (χ1) is 14.1. The van der Waals surface area contributed by atoms with Crippen molar-refractivity contribution in [2.75, 3.05) is 25.0 Å². The Balaban J connectivity index is 1.40. The van der Waals surface area contributed by atoms with Gasteiger partial charge in [0.2, 0.25) is 5.95 Å². The maximum atomic E-state index is 12.6. The van der Waals surface area contributed by atoms with Crippen LogP contribution in [0.15, 0.2) is 36.5 Å². The maximum Gasteiger partial charge on any atom is 0.260 e. The minimum absolute atomic E-state index is 0.0303. The van der Waals surface area contributed by atoms with E-state index in [2.05, 4.69) is 20.5 Å². The van der Waals surface area contributed by atoms with Crippen LogP contribution in [0.5, 0.6) is 5.75 Å². The van der Waals surface area contributed by atoms with E-state index >= 15 is 0 Å². The van der Waals surface area contributed by atoms with Crippen LogP contribution in [0.4, 0.5) is 5.95 Å². The van der Waals surface area contributed by atoms with Gasteiger partial charge in [0, 0.05) is 30.5 Å². The molecule has 0 saturated carbocycles. The van der Waals surface area contributed by atoms with Crippen molar-refractivity contribution < 1.29 is 14.3 Å². The van der Waals surface area contributed by atoms with Gasteiger partial charge in [-0.15, -0.1) is 10.2 Å². The Bertz CT molecular complexity index is 1040. The van der Waals surface area contributed by atoms with Gasteiger partial charge in [-0.3, -0.25) is 19.3 Å². The van der Waals surface area contributed by atoms with Gasteiger partial charge in [-0.1, -0.05) is 6.07 Å².